The number of anilines is 1. The van der Waals surface area contributed by atoms with E-state index in [4.69, 9.17) is 4.98 Å². The summed E-state index contributed by atoms with van der Waals surface area (Å²) in [5.74, 6) is 2.62. The van der Waals surface area contributed by atoms with Crippen LogP contribution in [0.1, 0.15) is 47.3 Å². The van der Waals surface area contributed by atoms with Gasteiger partial charge in [-0.15, -0.1) is 0 Å². The minimum absolute atomic E-state index is 0.0966. The molecule has 6 heteroatoms. The molecule has 0 bridgehead atoms. The van der Waals surface area contributed by atoms with Gasteiger partial charge < -0.3 is 19.7 Å². The van der Waals surface area contributed by atoms with E-state index in [1.54, 1.807) is 0 Å². The van der Waals surface area contributed by atoms with Crippen LogP contribution in [0.4, 0.5) is 5.95 Å². The number of amides is 1. The van der Waals surface area contributed by atoms with Crippen LogP contribution in [0.2, 0.25) is 0 Å². The van der Waals surface area contributed by atoms with Gasteiger partial charge in [-0.2, -0.15) is 0 Å². The number of piperidine rings is 1. The van der Waals surface area contributed by atoms with Gasteiger partial charge in [-0.1, -0.05) is 24.3 Å². The number of likely N-dealkylation sites (tertiary alicyclic amines) is 1. The first kappa shape index (κ1) is 18.4. The predicted molar refractivity (Wildman–Crippen MR) is 117 cm³/mol. The zero-order valence-electron chi connectivity index (χ0n) is 17.8. The number of nitrogens with zero attached hydrogens (tertiary/aromatic N) is 4. The third kappa shape index (κ3) is 3.13. The number of fused-ring (bicyclic) bond motifs is 2. The van der Waals surface area contributed by atoms with Crippen LogP contribution in [0.15, 0.2) is 30.5 Å². The van der Waals surface area contributed by atoms with Crippen LogP contribution in [0.25, 0.3) is 0 Å². The number of rotatable bonds is 2. The molecule has 6 nitrogen and oxygen atoms in total. The zero-order valence-corrected chi connectivity index (χ0v) is 17.8. The van der Waals surface area contributed by atoms with E-state index in [2.05, 4.69) is 46.1 Å². The summed E-state index contributed by atoms with van der Waals surface area (Å²) >= 11 is 0. The maximum absolute atomic E-state index is 13.2. The second-order valence-corrected chi connectivity index (χ2v) is 9.93. The minimum Gasteiger partial charge on any atom is -0.345 e. The molecule has 0 radical (unpaired) electrons. The van der Waals surface area contributed by atoms with Gasteiger partial charge in [0.05, 0.1) is 0 Å². The van der Waals surface area contributed by atoms with Crippen molar-refractivity contribution in [2.75, 3.05) is 31.6 Å². The van der Waals surface area contributed by atoms with E-state index in [1.165, 1.54) is 24.0 Å². The monoisotopic (exact) mass is 405 g/mol. The van der Waals surface area contributed by atoms with E-state index in [-0.39, 0.29) is 11.4 Å². The smallest absolute Gasteiger partial charge is 0.274 e. The Kier molecular flexibility index (Phi) is 4.20. The quantitative estimate of drug-likeness (QED) is 0.835. The Bertz CT molecular complexity index is 970. The molecule has 158 valence electrons. The molecule has 1 aromatic heterocycles. The van der Waals surface area contributed by atoms with Gasteiger partial charge >= 0.3 is 0 Å². The molecule has 1 aromatic carbocycles. The average molecular weight is 406 g/mol. The molecule has 3 aliphatic heterocycles. The molecule has 1 spiro atoms. The van der Waals surface area contributed by atoms with Crippen molar-refractivity contribution in [3.63, 3.8) is 0 Å². The summed E-state index contributed by atoms with van der Waals surface area (Å²) in [6, 6.07) is 8.74. The molecule has 4 heterocycles. The summed E-state index contributed by atoms with van der Waals surface area (Å²) in [5.41, 5.74) is 3.63. The molecule has 6 rings (SSSR count). The molecule has 1 amide bonds. The number of carbonyl (C=O) groups is 1. The number of nitrogens with one attached hydrogen (secondary N) is 1. The van der Waals surface area contributed by atoms with Gasteiger partial charge in [0.1, 0.15) is 5.69 Å². The molecule has 4 aliphatic rings. The van der Waals surface area contributed by atoms with Crippen LogP contribution in [-0.2, 0) is 19.5 Å². The molecular weight excluding hydrogens is 374 g/mol. The summed E-state index contributed by atoms with van der Waals surface area (Å²) in [6.07, 6.45) is 7.80. The number of imidazole rings is 1. The van der Waals surface area contributed by atoms with Gasteiger partial charge in [-0.25, -0.2) is 4.98 Å². The Labute approximate surface area is 178 Å². The summed E-state index contributed by atoms with van der Waals surface area (Å²) in [4.78, 5) is 22.2. The molecule has 1 unspecified atom stereocenters. The third-order valence-corrected chi connectivity index (χ3v) is 7.85. The fourth-order valence-electron chi connectivity index (χ4n) is 5.82. The molecule has 2 aromatic rings. The van der Waals surface area contributed by atoms with Crippen molar-refractivity contribution >= 4 is 11.9 Å². The maximum Gasteiger partial charge on any atom is 0.274 e. The average Bonchev–Trinajstić information content (AvgIpc) is 3.52. The van der Waals surface area contributed by atoms with Crippen molar-refractivity contribution in [3.05, 3.63) is 47.3 Å². The van der Waals surface area contributed by atoms with E-state index in [1.807, 2.05) is 11.1 Å². The van der Waals surface area contributed by atoms with Crippen LogP contribution in [0, 0.1) is 11.8 Å². The molecule has 30 heavy (non-hydrogen) atoms. The highest BCUT2D eigenvalue weighted by Crippen LogP contribution is 2.40. The fraction of sp³-hybridized carbons (Fsp3) is 0.583. The van der Waals surface area contributed by atoms with Crippen LogP contribution in [0.5, 0.6) is 0 Å². The van der Waals surface area contributed by atoms with Gasteiger partial charge in [0.15, 0.2) is 0 Å². The van der Waals surface area contributed by atoms with Crippen molar-refractivity contribution in [1.29, 1.82) is 0 Å². The lowest BCUT2D eigenvalue weighted by Gasteiger charge is -2.45. The summed E-state index contributed by atoms with van der Waals surface area (Å²) < 4.78 is 2.21. The van der Waals surface area contributed by atoms with Gasteiger partial charge in [0.25, 0.3) is 5.91 Å². The molecule has 1 saturated heterocycles. The lowest BCUT2D eigenvalue weighted by Crippen LogP contribution is -2.57. The number of hydrogen-bond acceptors (Lipinski definition) is 4. The van der Waals surface area contributed by atoms with E-state index < -0.39 is 0 Å². The largest absolute Gasteiger partial charge is 0.345 e. The van der Waals surface area contributed by atoms with Gasteiger partial charge in [0, 0.05) is 51.5 Å². The van der Waals surface area contributed by atoms with E-state index in [0.29, 0.717) is 11.6 Å². The Balaban J connectivity index is 1.14. The lowest BCUT2D eigenvalue weighted by molar-refractivity contribution is 0.0626. The Morgan fingerprint density at radius 3 is 2.63 bits per heavy atom. The standard InChI is InChI=1S/C24H31N5O/c1-27-14-20(17-6-7-17)15-29-16-21(26-23(27)29)22(30)28-10-8-24(9-11-28)12-18-4-2-3-5-19(18)13-25-24/h2-5,16-17,20,25H,6-15H2,1H3. The summed E-state index contributed by atoms with van der Waals surface area (Å²) in [5, 5.41) is 3.79. The summed E-state index contributed by atoms with van der Waals surface area (Å²) in [7, 11) is 2.11. The van der Waals surface area contributed by atoms with Crippen LogP contribution in [-0.4, -0.2) is 52.6 Å². The van der Waals surface area contributed by atoms with E-state index in [9.17, 15) is 4.79 Å². The fourth-order valence-corrected chi connectivity index (χ4v) is 5.82. The molecule has 1 atom stereocenters. The minimum atomic E-state index is 0.0966. The normalized spacial score (nSPS) is 25.2. The van der Waals surface area contributed by atoms with Crippen LogP contribution < -0.4 is 10.2 Å². The Morgan fingerprint density at radius 2 is 1.87 bits per heavy atom. The van der Waals surface area contributed by atoms with Gasteiger partial charge in [0.2, 0.25) is 5.95 Å². The molecule has 1 saturated carbocycles. The van der Waals surface area contributed by atoms with Crippen LogP contribution >= 0.6 is 0 Å². The SMILES string of the molecule is CN1CC(C2CC2)Cn2cc(C(=O)N3CCC4(CC3)Cc3ccccc3CN4)nc21. The molecular formula is C24H31N5O. The number of aromatic nitrogens is 2. The number of benzene rings is 1. The highest BCUT2D eigenvalue weighted by Gasteiger charge is 2.40. The summed E-state index contributed by atoms with van der Waals surface area (Å²) in [6.45, 7) is 4.62. The lowest BCUT2D eigenvalue weighted by atomic mass is 9.78. The topological polar surface area (TPSA) is 53.4 Å². The predicted octanol–water partition coefficient (Wildman–Crippen LogP) is 2.68. The first-order valence-electron chi connectivity index (χ1n) is 11.5. The second-order valence-electron chi connectivity index (χ2n) is 9.93. The van der Waals surface area contributed by atoms with Gasteiger partial charge in [-0.3, -0.25) is 4.79 Å². The van der Waals surface area contributed by atoms with Crippen molar-refractivity contribution in [1.82, 2.24) is 19.8 Å². The number of carbonyl (C=O) groups excluding carboxylic acids is 1. The highest BCUT2D eigenvalue weighted by atomic mass is 16.2. The second kappa shape index (κ2) is 6.84. The zero-order chi connectivity index (χ0) is 20.3. The highest BCUT2D eigenvalue weighted by molar-refractivity contribution is 5.92. The van der Waals surface area contributed by atoms with Crippen molar-refractivity contribution in [3.8, 4) is 0 Å². The third-order valence-electron chi connectivity index (χ3n) is 7.85. The van der Waals surface area contributed by atoms with Crippen molar-refractivity contribution in [2.24, 2.45) is 11.8 Å². The van der Waals surface area contributed by atoms with E-state index in [0.717, 1.165) is 63.9 Å². The van der Waals surface area contributed by atoms with Crippen molar-refractivity contribution < 1.29 is 4.79 Å². The first-order chi connectivity index (χ1) is 14.6. The Hall–Kier alpha value is -2.34. The van der Waals surface area contributed by atoms with E-state index >= 15 is 0 Å². The van der Waals surface area contributed by atoms with Gasteiger partial charge in [-0.05, 0) is 55.1 Å². The molecule has 1 aliphatic carbocycles. The number of hydrogen-bond donors (Lipinski definition) is 1. The van der Waals surface area contributed by atoms with Crippen molar-refractivity contribution in [2.45, 2.75) is 50.7 Å². The first-order valence-corrected chi connectivity index (χ1v) is 11.5. The molecule has 1 N–H and O–H groups in total. The van der Waals surface area contributed by atoms with Crippen LogP contribution in [0.3, 0.4) is 0 Å². The molecule has 2 fully saturated rings. The maximum atomic E-state index is 13.2. The Morgan fingerprint density at radius 1 is 1.10 bits per heavy atom.